The fourth-order valence-corrected chi connectivity index (χ4v) is 2.41. The Morgan fingerprint density at radius 1 is 1.53 bits per heavy atom. The molecule has 0 aromatic carbocycles. The fraction of sp³-hybridized carbons (Fsp3) is 0.667. The topological polar surface area (TPSA) is 67.6 Å². The normalized spacial score (nSPS) is 23.7. The van der Waals surface area contributed by atoms with Gasteiger partial charge in [-0.15, -0.1) is 0 Å². The van der Waals surface area contributed by atoms with E-state index in [1.165, 1.54) is 4.90 Å². The van der Waals surface area contributed by atoms with E-state index in [1.54, 1.807) is 10.9 Å². The van der Waals surface area contributed by atoms with Crippen LogP contribution in [0.5, 0.6) is 0 Å². The number of β-amino-alcohol motifs (C(OH)–C–C–N with tert-alkyl or cyclic N) is 1. The number of aliphatic hydroxyl groups excluding tert-OH is 1. The minimum Gasteiger partial charge on any atom is -0.444 e. The van der Waals surface area contributed by atoms with E-state index in [4.69, 9.17) is 4.74 Å². The highest BCUT2D eigenvalue weighted by Gasteiger charge is 2.37. The Morgan fingerprint density at radius 3 is 2.74 bits per heavy atom. The smallest absolute Gasteiger partial charge is 0.410 e. The Labute approximate surface area is 125 Å². The van der Waals surface area contributed by atoms with Gasteiger partial charge in [-0.05, 0) is 43.4 Å². The largest absolute Gasteiger partial charge is 0.444 e. The summed E-state index contributed by atoms with van der Waals surface area (Å²) in [5.74, 6) is 0. The molecule has 0 spiro atoms. The van der Waals surface area contributed by atoms with E-state index in [2.05, 4.69) is 27.7 Å². The Balaban J connectivity index is 2.03. The molecular weight excluding hydrogens is 361 g/mol. The first-order chi connectivity index (χ1) is 8.76. The summed E-state index contributed by atoms with van der Waals surface area (Å²) in [7, 11) is 0. The van der Waals surface area contributed by atoms with Crippen molar-refractivity contribution in [1.29, 1.82) is 0 Å². The number of aromatic nitrogens is 2. The Bertz CT molecular complexity index is 469. The first-order valence-corrected chi connectivity index (χ1v) is 7.20. The summed E-state index contributed by atoms with van der Waals surface area (Å²) in [5.41, 5.74) is -0.527. The van der Waals surface area contributed by atoms with E-state index in [-0.39, 0.29) is 12.6 Å². The lowest BCUT2D eigenvalue weighted by Gasteiger charge is -2.24. The minimum absolute atomic E-state index is 0.212. The van der Waals surface area contributed by atoms with Crippen molar-refractivity contribution in [2.24, 2.45) is 0 Å². The number of hydrogen-bond donors (Lipinski definition) is 1. The second-order valence-corrected chi connectivity index (χ2v) is 6.90. The number of carbonyl (C=O) groups is 1. The second-order valence-electron chi connectivity index (χ2n) is 5.66. The van der Waals surface area contributed by atoms with E-state index >= 15 is 0 Å². The molecule has 0 saturated carbocycles. The molecule has 19 heavy (non-hydrogen) atoms. The molecule has 106 valence electrons. The van der Waals surface area contributed by atoms with E-state index in [1.807, 2.05) is 27.0 Å². The van der Waals surface area contributed by atoms with E-state index in [0.29, 0.717) is 6.54 Å². The zero-order valence-corrected chi connectivity index (χ0v) is 13.4. The lowest BCUT2D eigenvalue weighted by atomic mass is 10.2. The first-order valence-electron chi connectivity index (χ1n) is 6.12. The second kappa shape index (κ2) is 5.28. The van der Waals surface area contributed by atoms with Crippen LogP contribution in [0.3, 0.4) is 0 Å². The Kier molecular flexibility index (Phi) is 4.05. The molecular formula is C12H18IN3O3. The van der Waals surface area contributed by atoms with Crippen molar-refractivity contribution in [2.75, 3.05) is 13.1 Å². The molecule has 1 fully saturated rings. The lowest BCUT2D eigenvalue weighted by Crippen LogP contribution is -2.35. The van der Waals surface area contributed by atoms with Gasteiger partial charge >= 0.3 is 6.09 Å². The van der Waals surface area contributed by atoms with Crippen LogP contribution in [-0.2, 0) is 4.74 Å². The summed E-state index contributed by atoms with van der Waals surface area (Å²) < 4.78 is 8.01. The van der Waals surface area contributed by atoms with E-state index < -0.39 is 17.8 Å². The predicted molar refractivity (Wildman–Crippen MR) is 77.8 cm³/mol. The Hall–Kier alpha value is -0.830. The molecule has 0 aliphatic carbocycles. The van der Waals surface area contributed by atoms with Crippen LogP contribution in [0.25, 0.3) is 0 Å². The quantitative estimate of drug-likeness (QED) is 0.754. The molecule has 6 nitrogen and oxygen atoms in total. The van der Waals surface area contributed by atoms with E-state index in [9.17, 15) is 9.90 Å². The zero-order chi connectivity index (χ0) is 14.2. The van der Waals surface area contributed by atoms with Crippen molar-refractivity contribution in [3.63, 3.8) is 0 Å². The van der Waals surface area contributed by atoms with Gasteiger partial charge in [-0.2, -0.15) is 5.10 Å². The number of ether oxygens (including phenoxy) is 1. The molecule has 1 aromatic rings. The SMILES string of the molecule is CC(C)(C)OC(=O)N1C[C@@H](O)[C@H](n2cc(I)cn2)C1. The Morgan fingerprint density at radius 2 is 2.21 bits per heavy atom. The maximum Gasteiger partial charge on any atom is 0.410 e. The monoisotopic (exact) mass is 379 g/mol. The van der Waals surface area contributed by atoms with Gasteiger partial charge < -0.3 is 14.7 Å². The van der Waals surface area contributed by atoms with Gasteiger partial charge in [0, 0.05) is 12.7 Å². The average molecular weight is 379 g/mol. The predicted octanol–water partition coefficient (Wildman–Crippen LogP) is 1.64. The van der Waals surface area contributed by atoms with Gasteiger partial charge in [0.25, 0.3) is 0 Å². The van der Waals surface area contributed by atoms with Crippen molar-refractivity contribution in [2.45, 2.75) is 38.5 Å². The molecule has 2 atom stereocenters. The van der Waals surface area contributed by atoms with Gasteiger partial charge in [0.05, 0.1) is 28.5 Å². The van der Waals surface area contributed by atoms with Crippen molar-refractivity contribution in [3.8, 4) is 0 Å². The highest BCUT2D eigenvalue weighted by atomic mass is 127. The van der Waals surface area contributed by atoms with Crippen LogP contribution in [0.1, 0.15) is 26.8 Å². The maximum absolute atomic E-state index is 12.0. The molecule has 1 N–H and O–H groups in total. The maximum atomic E-state index is 12.0. The number of aliphatic hydroxyl groups is 1. The molecule has 1 aliphatic rings. The van der Waals surface area contributed by atoms with Crippen molar-refractivity contribution >= 4 is 28.7 Å². The van der Waals surface area contributed by atoms with Crippen LogP contribution >= 0.6 is 22.6 Å². The van der Waals surface area contributed by atoms with Crippen LogP contribution in [0.2, 0.25) is 0 Å². The number of amides is 1. The molecule has 2 rings (SSSR count). The third-order valence-corrected chi connectivity index (χ3v) is 3.38. The van der Waals surface area contributed by atoms with Crippen molar-refractivity contribution in [3.05, 3.63) is 16.0 Å². The molecule has 2 heterocycles. The van der Waals surface area contributed by atoms with Gasteiger partial charge in [0.1, 0.15) is 5.60 Å². The number of carbonyl (C=O) groups excluding carboxylic acids is 1. The zero-order valence-electron chi connectivity index (χ0n) is 11.2. The summed E-state index contributed by atoms with van der Waals surface area (Å²) in [6, 6.07) is -0.212. The summed E-state index contributed by atoms with van der Waals surface area (Å²) >= 11 is 2.16. The third-order valence-electron chi connectivity index (χ3n) is 2.82. The standard InChI is InChI=1S/C12H18IN3O3/c1-12(2,3)19-11(18)15-6-9(10(17)7-15)16-5-8(13)4-14-16/h4-5,9-10,17H,6-7H2,1-3H3/t9-,10-/m1/s1. The summed E-state index contributed by atoms with van der Waals surface area (Å²) in [5, 5.41) is 14.2. The molecule has 1 aromatic heterocycles. The van der Waals surface area contributed by atoms with Crippen LogP contribution in [0.4, 0.5) is 4.79 Å². The van der Waals surface area contributed by atoms with Gasteiger partial charge in [-0.25, -0.2) is 4.79 Å². The van der Waals surface area contributed by atoms with E-state index in [0.717, 1.165) is 3.57 Å². The highest BCUT2D eigenvalue weighted by Crippen LogP contribution is 2.24. The molecule has 1 amide bonds. The number of rotatable bonds is 1. The number of likely N-dealkylation sites (tertiary alicyclic amines) is 1. The molecule has 1 saturated heterocycles. The van der Waals surface area contributed by atoms with Gasteiger partial charge in [0.15, 0.2) is 0 Å². The van der Waals surface area contributed by atoms with Gasteiger partial charge in [-0.1, -0.05) is 0 Å². The highest BCUT2D eigenvalue weighted by molar-refractivity contribution is 14.1. The number of nitrogens with zero attached hydrogens (tertiary/aromatic N) is 3. The van der Waals surface area contributed by atoms with Gasteiger partial charge in [0.2, 0.25) is 0 Å². The minimum atomic E-state index is -0.622. The van der Waals surface area contributed by atoms with Crippen LogP contribution < -0.4 is 0 Å². The van der Waals surface area contributed by atoms with Crippen LogP contribution in [0.15, 0.2) is 12.4 Å². The van der Waals surface area contributed by atoms with Crippen molar-refractivity contribution < 1.29 is 14.6 Å². The average Bonchev–Trinajstić information content (AvgIpc) is 2.82. The molecule has 0 bridgehead atoms. The molecule has 7 heteroatoms. The first kappa shape index (κ1) is 14.6. The molecule has 0 radical (unpaired) electrons. The summed E-state index contributed by atoms with van der Waals surface area (Å²) in [4.78, 5) is 13.5. The fourth-order valence-electron chi connectivity index (χ4n) is 2.00. The number of hydrogen-bond acceptors (Lipinski definition) is 4. The third kappa shape index (κ3) is 3.59. The molecule has 1 aliphatic heterocycles. The van der Waals surface area contributed by atoms with Crippen LogP contribution in [-0.4, -0.2) is 50.7 Å². The lowest BCUT2D eigenvalue weighted by molar-refractivity contribution is 0.0270. The summed E-state index contributed by atoms with van der Waals surface area (Å²) in [6.07, 6.45) is 2.57. The summed E-state index contributed by atoms with van der Waals surface area (Å²) in [6.45, 7) is 6.16. The van der Waals surface area contributed by atoms with Crippen LogP contribution in [0, 0.1) is 3.57 Å². The molecule has 0 unspecified atom stereocenters. The number of halogens is 1. The van der Waals surface area contributed by atoms with Gasteiger partial charge in [-0.3, -0.25) is 4.68 Å². The van der Waals surface area contributed by atoms with Crippen molar-refractivity contribution in [1.82, 2.24) is 14.7 Å².